The monoisotopic (exact) mass is 394 g/mol. The molecular formula is C21H19ClN4O2. The number of fused-ring (bicyclic) bond motifs is 1. The lowest BCUT2D eigenvalue weighted by atomic mass is 10.0. The first-order valence-electron chi connectivity index (χ1n) is 8.82. The fourth-order valence-corrected chi connectivity index (χ4v) is 3.39. The second-order valence-corrected chi connectivity index (χ2v) is 7.14. The number of nitrogens with one attached hydrogen (secondary N) is 2. The average Bonchev–Trinajstić information content (AvgIpc) is 3.25. The molecule has 28 heavy (non-hydrogen) atoms. The molecular weight excluding hydrogens is 376 g/mol. The Hall–Kier alpha value is -3.12. The Morgan fingerprint density at radius 1 is 1.21 bits per heavy atom. The van der Waals surface area contributed by atoms with Gasteiger partial charge in [0.1, 0.15) is 17.1 Å². The van der Waals surface area contributed by atoms with Crippen molar-refractivity contribution in [1.29, 1.82) is 0 Å². The highest BCUT2D eigenvalue weighted by atomic mass is 35.5. The number of nitrogens with zero attached hydrogens (tertiary/aromatic N) is 2. The lowest BCUT2D eigenvalue weighted by molar-refractivity contribution is 0.0987. The van der Waals surface area contributed by atoms with Crippen LogP contribution in [0.15, 0.2) is 36.5 Å². The number of aromatic amines is 2. The van der Waals surface area contributed by atoms with Crippen molar-refractivity contribution in [3.8, 4) is 17.0 Å². The molecule has 0 amide bonds. The molecule has 0 aliphatic rings. The number of ketones is 1. The van der Waals surface area contributed by atoms with Crippen LogP contribution in [-0.4, -0.2) is 33.1 Å². The highest BCUT2D eigenvalue weighted by Crippen LogP contribution is 2.32. The number of Topliss-reactive ketones (excluding diaryl/α,β-unsaturated/α-hetero) is 1. The molecule has 4 aromatic rings. The van der Waals surface area contributed by atoms with Gasteiger partial charge in [0.25, 0.3) is 0 Å². The summed E-state index contributed by atoms with van der Waals surface area (Å²) in [5, 5.41) is 8.50. The summed E-state index contributed by atoms with van der Waals surface area (Å²) in [6.45, 7) is 3.79. The zero-order valence-corrected chi connectivity index (χ0v) is 16.5. The molecule has 7 heteroatoms. The van der Waals surface area contributed by atoms with E-state index in [0.29, 0.717) is 10.7 Å². The number of halogens is 1. The number of H-pyrrole nitrogens is 2. The fourth-order valence-electron chi connectivity index (χ4n) is 3.17. The van der Waals surface area contributed by atoms with Gasteiger partial charge in [-0.3, -0.25) is 9.89 Å². The van der Waals surface area contributed by atoms with Gasteiger partial charge in [-0.25, -0.2) is 4.98 Å². The fraction of sp³-hybridized carbons (Fsp3) is 0.190. The lowest BCUT2D eigenvalue weighted by Crippen LogP contribution is -2.06. The zero-order valence-electron chi connectivity index (χ0n) is 15.8. The Kier molecular flexibility index (Phi) is 4.65. The standard InChI is InChI=1S/C21H19ClN4O2/c1-11-12(2)25-26-20(11)19(27)7-13-6-14-8-18(24-21(14)23-10-13)16-9-15(28-3)4-5-17(16)22/h4-6,8-10H,7H2,1-3H3,(H,23,24)(H,25,26). The summed E-state index contributed by atoms with van der Waals surface area (Å²) in [6, 6.07) is 9.42. The predicted molar refractivity (Wildman–Crippen MR) is 109 cm³/mol. The number of rotatable bonds is 5. The van der Waals surface area contributed by atoms with Crippen molar-refractivity contribution in [2.45, 2.75) is 20.3 Å². The van der Waals surface area contributed by atoms with Crippen LogP contribution in [0, 0.1) is 13.8 Å². The Morgan fingerprint density at radius 3 is 2.75 bits per heavy atom. The molecule has 4 rings (SSSR count). The van der Waals surface area contributed by atoms with Crippen LogP contribution < -0.4 is 4.74 Å². The molecule has 2 N–H and O–H groups in total. The first kappa shape index (κ1) is 18.3. The molecule has 3 aromatic heterocycles. The van der Waals surface area contributed by atoms with Gasteiger partial charge >= 0.3 is 0 Å². The molecule has 0 aliphatic carbocycles. The van der Waals surface area contributed by atoms with E-state index in [2.05, 4.69) is 20.2 Å². The van der Waals surface area contributed by atoms with Crippen LogP contribution in [0.25, 0.3) is 22.3 Å². The summed E-state index contributed by atoms with van der Waals surface area (Å²) in [5.41, 5.74) is 5.51. The van der Waals surface area contributed by atoms with Gasteiger partial charge in [-0.15, -0.1) is 0 Å². The molecule has 0 atom stereocenters. The van der Waals surface area contributed by atoms with Crippen molar-refractivity contribution in [3.05, 3.63) is 64.1 Å². The SMILES string of the molecule is COc1ccc(Cl)c(-c2cc3cc(CC(=O)c4n[nH]c(C)c4C)cnc3[nH]2)c1. The third-order valence-corrected chi connectivity index (χ3v) is 5.20. The van der Waals surface area contributed by atoms with E-state index in [4.69, 9.17) is 16.3 Å². The lowest BCUT2D eigenvalue weighted by Gasteiger charge is -2.05. The number of carbonyl (C=O) groups is 1. The summed E-state index contributed by atoms with van der Waals surface area (Å²) < 4.78 is 5.29. The smallest absolute Gasteiger partial charge is 0.187 e. The number of ether oxygens (including phenoxy) is 1. The largest absolute Gasteiger partial charge is 0.497 e. The maximum atomic E-state index is 12.6. The zero-order chi connectivity index (χ0) is 19.8. The number of benzene rings is 1. The molecule has 0 fully saturated rings. The maximum absolute atomic E-state index is 12.6. The highest BCUT2D eigenvalue weighted by molar-refractivity contribution is 6.33. The maximum Gasteiger partial charge on any atom is 0.187 e. The van der Waals surface area contributed by atoms with Crippen LogP contribution in [0.2, 0.25) is 5.02 Å². The van der Waals surface area contributed by atoms with E-state index in [1.807, 2.05) is 38.1 Å². The number of methoxy groups -OCH3 is 1. The number of hydrogen-bond acceptors (Lipinski definition) is 4. The molecule has 0 saturated heterocycles. The van der Waals surface area contributed by atoms with Crippen molar-refractivity contribution < 1.29 is 9.53 Å². The van der Waals surface area contributed by atoms with Crippen LogP contribution in [0.1, 0.15) is 27.3 Å². The van der Waals surface area contributed by atoms with Crippen LogP contribution in [0.5, 0.6) is 5.75 Å². The normalized spacial score (nSPS) is 11.1. The molecule has 0 spiro atoms. The third kappa shape index (κ3) is 3.27. The first-order chi connectivity index (χ1) is 13.5. The minimum atomic E-state index is -0.0328. The van der Waals surface area contributed by atoms with Crippen molar-refractivity contribution in [3.63, 3.8) is 0 Å². The van der Waals surface area contributed by atoms with E-state index in [9.17, 15) is 4.79 Å². The molecule has 1 aromatic carbocycles. The summed E-state index contributed by atoms with van der Waals surface area (Å²) >= 11 is 6.35. The predicted octanol–water partition coefficient (Wildman–Crippen LogP) is 4.66. The van der Waals surface area contributed by atoms with Crippen LogP contribution in [0.3, 0.4) is 0 Å². The Bertz CT molecular complexity index is 1190. The second kappa shape index (κ2) is 7.13. The Balaban J connectivity index is 1.65. The van der Waals surface area contributed by atoms with E-state index in [1.54, 1.807) is 19.4 Å². The molecule has 0 bridgehead atoms. The van der Waals surface area contributed by atoms with Crippen molar-refractivity contribution in [2.75, 3.05) is 7.11 Å². The molecule has 0 unspecified atom stereocenters. The van der Waals surface area contributed by atoms with Gasteiger partial charge in [0, 0.05) is 40.5 Å². The summed E-state index contributed by atoms with van der Waals surface area (Å²) in [5.74, 6) is 0.691. The summed E-state index contributed by atoms with van der Waals surface area (Å²) in [4.78, 5) is 20.3. The van der Waals surface area contributed by atoms with Crippen LogP contribution >= 0.6 is 11.6 Å². The van der Waals surface area contributed by atoms with E-state index in [-0.39, 0.29) is 12.2 Å². The number of aromatic nitrogens is 4. The van der Waals surface area contributed by atoms with E-state index in [1.165, 1.54) is 0 Å². The van der Waals surface area contributed by atoms with E-state index in [0.717, 1.165) is 44.9 Å². The van der Waals surface area contributed by atoms with Crippen molar-refractivity contribution >= 4 is 28.4 Å². The molecule has 6 nitrogen and oxygen atoms in total. The van der Waals surface area contributed by atoms with Crippen LogP contribution in [0.4, 0.5) is 0 Å². The van der Waals surface area contributed by atoms with Gasteiger partial charge < -0.3 is 9.72 Å². The van der Waals surface area contributed by atoms with Crippen molar-refractivity contribution in [1.82, 2.24) is 20.2 Å². The second-order valence-electron chi connectivity index (χ2n) is 6.73. The van der Waals surface area contributed by atoms with Crippen LogP contribution in [-0.2, 0) is 6.42 Å². The average molecular weight is 395 g/mol. The summed E-state index contributed by atoms with van der Waals surface area (Å²) in [7, 11) is 1.62. The van der Waals surface area contributed by atoms with Gasteiger partial charge in [-0.2, -0.15) is 5.10 Å². The van der Waals surface area contributed by atoms with Gasteiger partial charge in [0.2, 0.25) is 0 Å². The topological polar surface area (TPSA) is 83.7 Å². The van der Waals surface area contributed by atoms with Gasteiger partial charge in [0.05, 0.1) is 12.1 Å². The minimum Gasteiger partial charge on any atom is -0.497 e. The molecule has 0 saturated carbocycles. The van der Waals surface area contributed by atoms with Gasteiger partial charge in [0.15, 0.2) is 5.78 Å². The first-order valence-corrected chi connectivity index (χ1v) is 9.20. The third-order valence-electron chi connectivity index (χ3n) is 4.87. The van der Waals surface area contributed by atoms with Gasteiger partial charge in [-0.05, 0) is 49.7 Å². The minimum absolute atomic E-state index is 0.0328. The quantitative estimate of drug-likeness (QED) is 0.482. The number of carbonyl (C=O) groups excluding carboxylic acids is 1. The number of pyridine rings is 1. The Labute approximate surface area is 166 Å². The van der Waals surface area contributed by atoms with Gasteiger partial charge in [-0.1, -0.05) is 11.6 Å². The van der Waals surface area contributed by atoms with E-state index >= 15 is 0 Å². The van der Waals surface area contributed by atoms with Crippen molar-refractivity contribution in [2.24, 2.45) is 0 Å². The van der Waals surface area contributed by atoms with E-state index < -0.39 is 0 Å². The number of hydrogen-bond donors (Lipinski definition) is 2. The molecule has 142 valence electrons. The Morgan fingerprint density at radius 2 is 2.04 bits per heavy atom. The summed E-state index contributed by atoms with van der Waals surface area (Å²) in [6.07, 6.45) is 1.96. The highest BCUT2D eigenvalue weighted by Gasteiger charge is 2.16. The number of aryl methyl sites for hydroxylation is 1. The molecule has 0 aliphatic heterocycles. The molecule has 3 heterocycles. The molecule has 0 radical (unpaired) electrons.